The van der Waals surface area contributed by atoms with E-state index in [1.807, 2.05) is 7.05 Å². The molecule has 7 heteroatoms. The summed E-state index contributed by atoms with van der Waals surface area (Å²) < 4.78 is 39.7. The van der Waals surface area contributed by atoms with E-state index in [1.54, 1.807) is 12.3 Å². The van der Waals surface area contributed by atoms with Gasteiger partial charge in [-0.1, -0.05) is 0 Å². The first-order valence-corrected chi connectivity index (χ1v) is 7.04. The van der Waals surface area contributed by atoms with Gasteiger partial charge >= 0.3 is 6.18 Å². The number of alkyl halides is 3. The van der Waals surface area contributed by atoms with Crippen LogP contribution >= 0.6 is 0 Å². The molecule has 1 aliphatic rings. The molecule has 0 aliphatic carbocycles. The number of likely N-dealkylation sites (N-methyl/N-ethyl adjacent to an activating group) is 1. The lowest BCUT2D eigenvalue weighted by Gasteiger charge is -2.34. The lowest BCUT2D eigenvalue weighted by atomic mass is 10.1. The second kappa shape index (κ2) is 5.31. The van der Waals surface area contributed by atoms with Crippen LogP contribution in [0.2, 0.25) is 0 Å². The Hall–Kier alpha value is -2.02. The third kappa shape index (κ3) is 2.81. The number of hydrogen-bond acceptors (Lipinski definition) is 4. The van der Waals surface area contributed by atoms with Gasteiger partial charge in [0.25, 0.3) is 0 Å². The van der Waals surface area contributed by atoms with Crippen LogP contribution in [-0.2, 0) is 6.18 Å². The summed E-state index contributed by atoms with van der Waals surface area (Å²) in [7, 11) is 2.03. The quantitative estimate of drug-likeness (QED) is 0.822. The highest BCUT2D eigenvalue weighted by atomic mass is 19.4. The molecule has 2 heterocycles. The van der Waals surface area contributed by atoms with Crippen LogP contribution in [0.25, 0.3) is 10.9 Å². The third-order valence-corrected chi connectivity index (χ3v) is 3.98. The van der Waals surface area contributed by atoms with Crippen LogP contribution in [0.3, 0.4) is 0 Å². The molecular weight excluding hydrogens is 293 g/mol. The Labute approximate surface area is 126 Å². The maximum Gasteiger partial charge on any atom is 0.417 e. The fourth-order valence-corrected chi connectivity index (χ4v) is 2.71. The maximum absolute atomic E-state index is 13.2. The van der Waals surface area contributed by atoms with Gasteiger partial charge in [-0.2, -0.15) is 13.2 Å². The number of nitrogen functional groups attached to an aromatic ring is 1. The number of nitrogens with two attached hydrogens (primary N) is 1. The monoisotopic (exact) mass is 310 g/mol. The van der Waals surface area contributed by atoms with Crippen molar-refractivity contribution in [3.8, 4) is 0 Å². The number of nitrogens with zero attached hydrogens (tertiary/aromatic N) is 3. The van der Waals surface area contributed by atoms with Crippen LogP contribution in [0.4, 0.5) is 24.5 Å². The van der Waals surface area contributed by atoms with E-state index in [0.29, 0.717) is 0 Å². The molecule has 0 saturated carbocycles. The van der Waals surface area contributed by atoms with E-state index in [9.17, 15) is 13.2 Å². The number of anilines is 2. The molecule has 22 heavy (non-hydrogen) atoms. The van der Waals surface area contributed by atoms with Crippen molar-refractivity contribution in [2.45, 2.75) is 6.18 Å². The molecule has 4 nitrogen and oxygen atoms in total. The molecule has 1 fully saturated rings. The number of rotatable bonds is 1. The Kier molecular flexibility index (Phi) is 3.60. The number of fused-ring (bicyclic) bond motifs is 1. The summed E-state index contributed by atoms with van der Waals surface area (Å²) in [5.74, 6) is 0. The summed E-state index contributed by atoms with van der Waals surface area (Å²) in [4.78, 5) is 8.42. The van der Waals surface area contributed by atoms with Gasteiger partial charge in [-0.3, -0.25) is 4.98 Å². The Morgan fingerprint density at radius 1 is 1.09 bits per heavy atom. The van der Waals surface area contributed by atoms with Gasteiger partial charge in [0.1, 0.15) is 0 Å². The largest absolute Gasteiger partial charge is 0.417 e. The van der Waals surface area contributed by atoms with Crippen molar-refractivity contribution in [2.24, 2.45) is 0 Å². The van der Waals surface area contributed by atoms with Crippen LogP contribution in [-0.4, -0.2) is 43.1 Å². The maximum atomic E-state index is 13.2. The lowest BCUT2D eigenvalue weighted by molar-refractivity contribution is -0.136. The second-order valence-electron chi connectivity index (χ2n) is 5.62. The molecule has 0 atom stereocenters. The average Bonchev–Trinajstić information content (AvgIpc) is 2.46. The first kappa shape index (κ1) is 14.9. The Morgan fingerprint density at radius 2 is 1.77 bits per heavy atom. The Morgan fingerprint density at radius 3 is 2.41 bits per heavy atom. The number of aromatic nitrogens is 1. The highest BCUT2D eigenvalue weighted by Crippen LogP contribution is 2.37. The number of benzene rings is 1. The Balaban J connectivity index is 2.07. The van der Waals surface area contributed by atoms with Gasteiger partial charge in [-0.05, 0) is 25.2 Å². The molecule has 2 N–H and O–H groups in total. The van der Waals surface area contributed by atoms with Gasteiger partial charge in [-0.25, -0.2) is 0 Å². The molecular formula is C15H17F3N4. The number of hydrogen-bond donors (Lipinski definition) is 1. The van der Waals surface area contributed by atoms with E-state index in [1.165, 1.54) is 6.07 Å². The average molecular weight is 310 g/mol. The molecule has 1 aromatic carbocycles. The minimum atomic E-state index is -4.45. The molecule has 2 aromatic rings. The zero-order valence-corrected chi connectivity index (χ0v) is 12.2. The van der Waals surface area contributed by atoms with E-state index in [4.69, 9.17) is 5.73 Å². The summed E-state index contributed by atoms with van der Waals surface area (Å²) >= 11 is 0. The van der Waals surface area contributed by atoms with Gasteiger partial charge in [0, 0.05) is 37.3 Å². The molecule has 0 unspecified atom stereocenters. The first-order chi connectivity index (χ1) is 10.3. The molecule has 1 saturated heterocycles. The fraction of sp³-hybridized carbons (Fsp3) is 0.400. The van der Waals surface area contributed by atoms with E-state index in [-0.39, 0.29) is 16.6 Å². The molecule has 0 radical (unpaired) electrons. The SMILES string of the molecule is CN1CCN(c2cnc3cc(N)cc(C(F)(F)F)c3c2)CC1. The van der Waals surface area contributed by atoms with Crippen molar-refractivity contribution in [3.05, 3.63) is 30.0 Å². The van der Waals surface area contributed by atoms with Crippen LogP contribution < -0.4 is 10.6 Å². The zero-order chi connectivity index (χ0) is 15.9. The molecule has 1 aromatic heterocycles. The summed E-state index contributed by atoms with van der Waals surface area (Å²) in [5.41, 5.74) is 5.89. The molecule has 0 bridgehead atoms. The zero-order valence-electron chi connectivity index (χ0n) is 12.2. The summed E-state index contributed by atoms with van der Waals surface area (Å²) in [5, 5.41) is 0.0955. The molecule has 0 amide bonds. The number of pyridine rings is 1. The third-order valence-electron chi connectivity index (χ3n) is 3.98. The first-order valence-electron chi connectivity index (χ1n) is 7.04. The van der Waals surface area contributed by atoms with Crippen LogP contribution in [0.1, 0.15) is 5.56 Å². The number of halogens is 3. The predicted molar refractivity (Wildman–Crippen MR) is 80.9 cm³/mol. The van der Waals surface area contributed by atoms with Crippen LogP contribution in [0, 0.1) is 0 Å². The predicted octanol–water partition coefficient (Wildman–Crippen LogP) is 2.59. The minimum absolute atomic E-state index is 0.0691. The molecule has 118 valence electrons. The molecule has 1 aliphatic heterocycles. The Bertz CT molecular complexity index is 691. The van der Waals surface area contributed by atoms with Crippen LogP contribution in [0.15, 0.2) is 24.4 Å². The summed E-state index contributed by atoms with van der Waals surface area (Å²) in [6.45, 7) is 3.32. The van der Waals surface area contributed by atoms with E-state index in [2.05, 4.69) is 14.8 Å². The van der Waals surface area contributed by atoms with Crippen molar-refractivity contribution in [2.75, 3.05) is 43.9 Å². The fourth-order valence-electron chi connectivity index (χ4n) is 2.71. The van der Waals surface area contributed by atoms with Crippen molar-refractivity contribution in [1.82, 2.24) is 9.88 Å². The molecule has 0 spiro atoms. The van der Waals surface area contributed by atoms with E-state index >= 15 is 0 Å². The summed E-state index contributed by atoms with van der Waals surface area (Å²) in [6, 6.07) is 4.01. The van der Waals surface area contributed by atoms with Crippen molar-refractivity contribution in [3.63, 3.8) is 0 Å². The topological polar surface area (TPSA) is 45.4 Å². The van der Waals surface area contributed by atoms with E-state index in [0.717, 1.165) is 37.9 Å². The highest BCUT2D eigenvalue weighted by molar-refractivity contribution is 5.88. The van der Waals surface area contributed by atoms with Crippen molar-refractivity contribution in [1.29, 1.82) is 0 Å². The van der Waals surface area contributed by atoms with Crippen molar-refractivity contribution >= 4 is 22.3 Å². The van der Waals surface area contributed by atoms with Crippen LogP contribution in [0.5, 0.6) is 0 Å². The smallest absolute Gasteiger partial charge is 0.399 e. The summed E-state index contributed by atoms with van der Waals surface area (Å²) in [6.07, 6.45) is -2.83. The normalized spacial score (nSPS) is 17.2. The number of piperazine rings is 1. The van der Waals surface area contributed by atoms with Gasteiger partial charge < -0.3 is 15.5 Å². The van der Waals surface area contributed by atoms with Gasteiger partial charge in [0.15, 0.2) is 0 Å². The van der Waals surface area contributed by atoms with Gasteiger partial charge in [0.05, 0.1) is 23.0 Å². The lowest BCUT2D eigenvalue weighted by Crippen LogP contribution is -2.44. The second-order valence-corrected chi connectivity index (χ2v) is 5.62. The van der Waals surface area contributed by atoms with Gasteiger partial charge in [0.2, 0.25) is 0 Å². The standard InChI is InChI=1S/C15H17F3N4/c1-21-2-4-22(5-3-21)11-8-12-13(15(16,17)18)6-10(19)7-14(12)20-9-11/h6-9H,2-5,19H2,1H3. The van der Waals surface area contributed by atoms with Gasteiger partial charge in [-0.15, -0.1) is 0 Å². The van der Waals surface area contributed by atoms with E-state index < -0.39 is 11.7 Å². The minimum Gasteiger partial charge on any atom is -0.399 e. The molecule has 3 rings (SSSR count). The highest BCUT2D eigenvalue weighted by Gasteiger charge is 2.33. The van der Waals surface area contributed by atoms with Crippen molar-refractivity contribution < 1.29 is 13.2 Å².